The summed E-state index contributed by atoms with van der Waals surface area (Å²) in [6.07, 6.45) is 5.85. The summed E-state index contributed by atoms with van der Waals surface area (Å²) < 4.78 is 8.21. The second-order valence-corrected chi connectivity index (χ2v) is 8.82. The molecule has 2 aromatic heterocycles. The molecule has 0 atom stereocenters. The third kappa shape index (κ3) is 3.51. The summed E-state index contributed by atoms with van der Waals surface area (Å²) in [6, 6.07) is 16.9. The molecule has 158 valence electrons. The van der Waals surface area contributed by atoms with E-state index in [1.54, 1.807) is 6.20 Å². The second-order valence-electron chi connectivity index (χ2n) is 8.82. The lowest BCUT2D eigenvalue weighted by atomic mass is 10.0. The Labute approximate surface area is 180 Å². The molecule has 1 N–H and O–H groups in total. The Morgan fingerprint density at radius 3 is 2.65 bits per heavy atom. The average Bonchev–Trinajstić information content (AvgIpc) is 3.44. The highest BCUT2D eigenvalue weighted by molar-refractivity contribution is 6.05. The number of benzene rings is 2. The first-order chi connectivity index (χ1) is 15.3. The van der Waals surface area contributed by atoms with Gasteiger partial charge in [0.1, 0.15) is 17.0 Å². The predicted octanol–water partition coefficient (Wildman–Crippen LogP) is 4.97. The highest BCUT2D eigenvalue weighted by atomic mass is 16.3. The van der Waals surface area contributed by atoms with Crippen molar-refractivity contribution in [1.82, 2.24) is 14.7 Å². The van der Waals surface area contributed by atoms with E-state index in [-0.39, 0.29) is 11.8 Å². The van der Waals surface area contributed by atoms with Crippen molar-refractivity contribution in [2.45, 2.75) is 38.3 Å². The average molecular weight is 415 g/mol. The molecule has 3 heterocycles. The number of carbonyl (C=O) groups excluding carboxylic acids is 1. The highest BCUT2D eigenvalue weighted by Gasteiger charge is 2.31. The number of fused-ring (bicyclic) bond motifs is 3. The summed E-state index contributed by atoms with van der Waals surface area (Å²) in [7, 11) is 0. The Balaban J connectivity index is 1.15. The molecule has 2 aliphatic rings. The SMILES string of the molecule is O=C(Nc1ccnn1C1CCN(Cc2cccc3c2oc2ccccc23)CC1)C1CC1. The van der Waals surface area contributed by atoms with Crippen LogP contribution in [0.25, 0.3) is 21.9 Å². The quantitative estimate of drug-likeness (QED) is 0.501. The van der Waals surface area contributed by atoms with Crippen LogP contribution in [0.4, 0.5) is 5.82 Å². The number of para-hydroxylation sites is 2. The van der Waals surface area contributed by atoms with Crippen LogP contribution in [0, 0.1) is 5.92 Å². The molecule has 2 fully saturated rings. The summed E-state index contributed by atoms with van der Waals surface area (Å²) in [4.78, 5) is 14.7. The van der Waals surface area contributed by atoms with Gasteiger partial charge in [-0.1, -0.05) is 36.4 Å². The van der Waals surface area contributed by atoms with Gasteiger partial charge in [0.2, 0.25) is 5.91 Å². The van der Waals surface area contributed by atoms with E-state index in [1.165, 1.54) is 16.3 Å². The van der Waals surface area contributed by atoms with E-state index in [2.05, 4.69) is 45.6 Å². The summed E-state index contributed by atoms with van der Waals surface area (Å²) >= 11 is 0. The molecule has 31 heavy (non-hydrogen) atoms. The van der Waals surface area contributed by atoms with Gasteiger partial charge in [-0.05, 0) is 31.7 Å². The third-order valence-electron chi connectivity index (χ3n) is 6.65. The molecule has 6 nitrogen and oxygen atoms in total. The minimum atomic E-state index is 0.137. The molecule has 1 aliphatic heterocycles. The Morgan fingerprint density at radius 1 is 1.00 bits per heavy atom. The van der Waals surface area contributed by atoms with E-state index in [1.807, 2.05) is 22.9 Å². The molecule has 1 saturated carbocycles. The minimum Gasteiger partial charge on any atom is -0.456 e. The lowest BCUT2D eigenvalue weighted by Crippen LogP contribution is -2.35. The number of nitrogens with one attached hydrogen (secondary N) is 1. The van der Waals surface area contributed by atoms with Crippen LogP contribution in [0.15, 0.2) is 59.1 Å². The van der Waals surface area contributed by atoms with Crippen molar-refractivity contribution < 1.29 is 9.21 Å². The largest absolute Gasteiger partial charge is 0.456 e. The monoisotopic (exact) mass is 414 g/mol. The lowest BCUT2D eigenvalue weighted by molar-refractivity contribution is -0.117. The van der Waals surface area contributed by atoms with Crippen LogP contribution >= 0.6 is 0 Å². The van der Waals surface area contributed by atoms with Crippen molar-refractivity contribution in [3.8, 4) is 0 Å². The van der Waals surface area contributed by atoms with Crippen LogP contribution in [0.3, 0.4) is 0 Å². The highest BCUT2D eigenvalue weighted by Crippen LogP contribution is 2.33. The van der Waals surface area contributed by atoms with Gasteiger partial charge < -0.3 is 9.73 Å². The van der Waals surface area contributed by atoms with Gasteiger partial charge >= 0.3 is 0 Å². The number of likely N-dealkylation sites (tertiary alicyclic amines) is 1. The summed E-state index contributed by atoms with van der Waals surface area (Å²) in [5, 5.41) is 9.95. The minimum absolute atomic E-state index is 0.137. The fraction of sp³-hybridized carbons (Fsp3) is 0.360. The predicted molar refractivity (Wildman–Crippen MR) is 121 cm³/mol. The maximum Gasteiger partial charge on any atom is 0.228 e. The molecule has 2 aromatic carbocycles. The van der Waals surface area contributed by atoms with Crippen molar-refractivity contribution in [2.24, 2.45) is 5.92 Å². The van der Waals surface area contributed by atoms with E-state index < -0.39 is 0 Å². The van der Waals surface area contributed by atoms with E-state index in [4.69, 9.17) is 4.42 Å². The number of rotatable bonds is 5. The Bertz CT molecular complexity index is 1240. The summed E-state index contributed by atoms with van der Waals surface area (Å²) in [5.41, 5.74) is 3.19. The third-order valence-corrected chi connectivity index (χ3v) is 6.65. The zero-order valence-electron chi connectivity index (χ0n) is 17.5. The Hall–Kier alpha value is -3.12. The molecule has 1 saturated heterocycles. The molecule has 0 spiro atoms. The first kappa shape index (κ1) is 18.6. The molecule has 0 unspecified atom stereocenters. The van der Waals surface area contributed by atoms with E-state index in [9.17, 15) is 4.79 Å². The standard InChI is InChI=1S/C25H26N4O2/c30-25(17-8-9-17)27-23-10-13-26-29(23)19-11-14-28(15-12-19)16-18-4-3-6-21-20-5-1-2-7-22(20)31-24(18)21/h1-7,10,13,17,19H,8-9,11-12,14-16H2,(H,27,30). The summed E-state index contributed by atoms with van der Waals surface area (Å²) in [5.74, 6) is 1.17. The molecule has 6 rings (SSSR count). The first-order valence-corrected chi connectivity index (χ1v) is 11.2. The number of furan rings is 1. The Kier molecular flexibility index (Phi) is 4.53. The van der Waals surface area contributed by atoms with Gasteiger partial charge in [0.15, 0.2) is 0 Å². The summed E-state index contributed by atoms with van der Waals surface area (Å²) in [6.45, 7) is 2.88. The van der Waals surface area contributed by atoms with Crippen molar-refractivity contribution in [3.63, 3.8) is 0 Å². The maximum atomic E-state index is 12.2. The van der Waals surface area contributed by atoms with Gasteiger partial charge in [0.05, 0.1) is 12.2 Å². The number of hydrogen-bond donors (Lipinski definition) is 1. The van der Waals surface area contributed by atoms with Crippen LogP contribution < -0.4 is 5.32 Å². The van der Waals surface area contributed by atoms with Crippen LogP contribution in [-0.4, -0.2) is 33.7 Å². The number of hydrogen-bond acceptors (Lipinski definition) is 4. The molecule has 1 amide bonds. The van der Waals surface area contributed by atoms with Crippen LogP contribution in [-0.2, 0) is 11.3 Å². The molecule has 1 aliphatic carbocycles. The van der Waals surface area contributed by atoms with Crippen molar-refractivity contribution in [3.05, 3.63) is 60.3 Å². The molecule has 0 radical (unpaired) electrons. The zero-order valence-corrected chi connectivity index (χ0v) is 17.5. The van der Waals surface area contributed by atoms with E-state index in [0.29, 0.717) is 6.04 Å². The zero-order chi connectivity index (χ0) is 20.8. The van der Waals surface area contributed by atoms with Crippen molar-refractivity contribution in [2.75, 3.05) is 18.4 Å². The van der Waals surface area contributed by atoms with Crippen LogP contribution in [0.2, 0.25) is 0 Å². The number of carbonyl (C=O) groups is 1. The topological polar surface area (TPSA) is 63.3 Å². The second kappa shape index (κ2) is 7.54. The number of piperidine rings is 1. The fourth-order valence-corrected chi connectivity index (χ4v) is 4.77. The molecule has 4 aromatic rings. The first-order valence-electron chi connectivity index (χ1n) is 11.2. The van der Waals surface area contributed by atoms with Crippen LogP contribution in [0.5, 0.6) is 0 Å². The van der Waals surface area contributed by atoms with Gasteiger partial charge in [0, 0.05) is 48.0 Å². The number of anilines is 1. The molecular weight excluding hydrogens is 388 g/mol. The lowest BCUT2D eigenvalue weighted by Gasteiger charge is -2.32. The Morgan fingerprint density at radius 2 is 1.81 bits per heavy atom. The number of aromatic nitrogens is 2. The van der Waals surface area contributed by atoms with E-state index in [0.717, 1.165) is 62.3 Å². The van der Waals surface area contributed by atoms with Gasteiger partial charge in [-0.3, -0.25) is 9.69 Å². The van der Waals surface area contributed by atoms with Gasteiger partial charge in [-0.2, -0.15) is 5.10 Å². The van der Waals surface area contributed by atoms with Gasteiger partial charge in [-0.25, -0.2) is 4.68 Å². The number of nitrogens with zero attached hydrogens (tertiary/aromatic N) is 3. The molecule has 0 bridgehead atoms. The van der Waals surface area contributed by atoms with Crippen molar-refractivity contribution in [1.29, 1.82) is 0 Å². The molecular formula is C25H26N4O2. The van der Waals surface area contributed by atoms with Crippen molar-refractivity contribution >= 4 is 33.7 Å². The molecule has 6 heteroatoms. The smallest absolute Gasteiger partial charge is 0.228 e. The van der Waals surface area contributed by atoms with Gasteiger partial charge in [-0.15, -0.1) is 0 Å². The maximum absolute atomic E-state index is 12.2. The normalized spacial score (nSPS) is 18.1. The van der Waals surface area contributed by atoms with Gasteiger partial charge in [0.25, 0.3) is 0 Å². The number of amides is 1. The fourth-order valence-electron chi connectivity index (χ4n) is 4.77. The van der Waals surface area contributed by atoms with Crippen LogP contribution in [0.1, 0.15) is 37.3 Å². The van der Waals surface area contributed by atoms with E-state index >= 15 is 0 Å².